The van der Waals surface area contributed by atoms with Gasteiger partial charge < -0.3 is 38.7 Å². The van der Waals surface area contributed by atoms with Crippen molar-refractivity contribution in [3.8, 4) is 0 Å². The second kappa shape index (κ2) is 15.8. The minimum Gasteiger partial charge on any atom is -0.383 e. The van der Waals surface area contributed by atoms with Crippen molar-refractivity contribution in [2.24, 2.45) is 0 Å². The molecule has 12 heteroatoms. The van der Waals surface area contributed by atoms with Crippen LogP contribution in [-0.4, -0.2) is 123 Å². The lowest BCUT2D eigenvalue weighted by molar-refractivity contribution is 0.0625. The number of amides is 2. The maximum atomic E-state index is 14.1. The molecule has 0 radical (unpaired) electrons. The average Bonchev–Trinajstić information content (AvgIpc) is 3.80. The Hall–Kier alpha value is -4.10. The van der Waals surface area contributed by atoms with Gasteiger partial charge in [-0.2, -0.15) is 0 Å². The topological polar surface area (TPSA) is 135 Å². The Kier molecular flexibility index (Phi) is 11.8. The van der Waals surface area contributed by atoms with Crippen LogP contribution >= 0.6 is 0 Å². The van der Waals surface area contributed by atoms with E-state index in [-0.39, 0.29) is 22.6 Å². The number of methoxy groups -OCH3 is 4. The van der Waals surface area contributed by atoms with Crippen molar-refractivity contribution in [3.63, 3.8) is 0 Å². The fraction of sp³-hybridized carbons (Fsp3) is 0.526. The van der Waals surface area contributed by atoms with Gasteiger partial charge in [0.25, 0.3) is 11.8 Å². The predicted octanol–water partition coefficient (Wildman–Crippen LogP) is 4.83. The van der Waals surface area contributed by atoms with Crippen LogP contribution in [0, 0.1) is 0 Å². The number of aromatic amines is 2. The summed E-state index contributed by atoms with van der Waals surface area (Å²) >= 11 is 0. The molecule has 0 saturated heterocycles. The van der Waals surface area contributed by atoms with E-state index in [9.17, 15) is 9.59 Å². The lowest BCUT2D eigenvalue weighted by Gasteiger charge is -2.21. The molecule has 2 N–H and O–H groups in total. The largest absolute Gasteiger partial charge is 0.383 e. The summed E-state index contributed by atoms with van der Waals surface area (Å²) in [4.78, 5) is 48.8. The van der Waals surface area contributed by atoms with Gasteiger partial charge in [0.1, 0.15) is 0 Å². The van der Waals surface area contributed by atoms with E-state index < -0.39 is 0 Å². The summed E-state index contributed by atoms with van der Waals surface area (Å²) in [5.41, 5.74) is 6.92. The Morgan fingerprint density at radius 3 is 1.26 bits per heavy atom. The van der Waals surface area contributed by atoms with E-state index in [4.69, 9.17) is 28.9 Å². The molecule has 0 unspecified atom stereocenters. The van der Waals surface area contributed by atoms with Crippen LogP contribution < -0.4 is 0 Å². The molecule has 0 spiro atoms. The van der Waals surface area contributed by atoms with E-state index >= 15 is 0 Å². The van der Waals surface area contributed by atoms with Crippen molar-refractivity contribution in [3.05, 3.63) is 70.3 Å². The number of nitrogens with zero attached hydrogens (tertiary/aromatic N) is 4. The van der Waals surface area contributed by atoms with Crippen LogP contribution in [0.4, 0.5) is 0 Å². The van der Waals surface area contributed by atoms with Crippen LogP contribution in [0.15, 0.2) is 36.4 Å². The Balaban J connectivity index is 1.75. The molecule has 2 aliphatic rings. The Bertz CT molecular complexity index is 1690. The summed E-state index contributed by atoms with van der Waals surface area (Å²) in [6.07, 6.45) is 1.35. The third kappa shape index (κ3) is 8.43. The number of carbonyl (C=O) groups excluding carboxylic acids is 2. The average molecular weight is 689 g/mol. The van der Waals surface area contributed by atoms with Gasteiger partial charge >= 0.3 is 0 Å². The maximum Gasteiger partial charge on any atom is 0.256 e. The summed E-state index contributed by atoms with van der Waals surface area (Å²) in [5.74, 6) is -0.219. The first-order valence-corrected chi connectivity index (χ1v) is 17.2. The summed E-state index contributed by atoms with van der Waals surface area (Å²) in [7, 11) is 6.52. The molecule has 8 bridgehead atoms. The highest BCUT2D eigenvalue weighted by Crippen LogP contribution is 2.34. The maximum absolute atomic E-state index is 14.1. The molecule has 12 nitrogen and oxygen atoms in total. The monoisotopic (exact) mass is 688 g/mol. The summed E-state index contributed by atoms with van der Waals surface area (Å²) in [6, 6.07) is 11.8. The van der Waals surface area contributed by atoms with Crippen LogP contribution in [0.1, 0.15) is 71.2 Å². The number of carbonyl (C=O) groups is 2. The van der Waals surface area contributed by atoms with Gasteiger partial charge in [0.2, 0.25) is 0 Å². The molecule has 2 aliphatic heterocycles. The van der Waals surface area contributed by atoms with E-state index in [1.807, 2.05) is 36.4 Å². The van der Waals surface area contributed by atoms with Crippen molar-refractivity contribution < 1.29 is 28.5 Å². The molecule has 5 rings (SSSR count). The molecule has 2 amide bonds. The molecular formula is C38H52N6O6. The third-order valence-electron chi connectivity index (χ3n) is 9.40. The van der Waals surface area contributed by atoms with Crippen LogP contribution in [0.25, 0.3) is 22.1 Å². The second-order valence-corrected chi connectivity index (χ2v) is 14.3. The summed E-state index contributed by atoms with van der Waals surface area (Å²) in [6.45, 7) is 12.0. The van der Waals surface area contributed by atoms with Crippen molar-refractivity contribution in [1.82, 2.24) is 29.7 Å². The molecular weight excluding hydrogens is 636 g/mol. The number of H-pyrrole nitrogens is 2. The zero-order chi connectivity index (χ0) is 36.1. The number of nitrogens with one attached hydrogen (secondary N) is 2. The van der Waals surface area contributed by atoms with Gasteiger partial charge in [-0.25, -0.2) is 0 Å². The molecule has 3 aromatic rings. The first-order chi connectivity index (χ1) is 23.9. The summed E-state index contributed by atoms with van der Waals surface area (Å²) in [5, 5.41) is 0. The first-order valence-electron chi connectivity index (χ1n) is 17.2. The van der Waals surface area contributed by atoms with Gasteiger partial charge in [-0.3, -0.25) is 19.6 Å². The normalized spacial score (nSPS) is 14.9. The third-order valence-corrected chi connectivity index (χ3v) is 9.40. The van der Waals surface area contributed by atoms with E-state index in [2.05, 4.69) is 37.7 Å². The van der Waals surface area contributed by atoms with Crippen molar-refractivity contribution in [2.75, 3.05) is 81.0 Å². The van der Waals surface area contributed by atoms with Crippen molar-refractivity contribution >= 4 is 33.9 Å². The number of rotatable bonds is 14. The molecule has 0 aromatic carbocycles. The SMILES string of the molecule is COCCN(CCOC)C(=O)c1cc2cc3nc(cc4[nH]c(cc5nc(cc1[nH]2)CC5(C)C)cc4C(=O)N(CCOC)CCOC)CC3(C)C. The molecule has 0 saturated carbocycles. The van der Waals surface area contributed by atoms with Crippen LogP contribution in [0.2, 0.25) is 0 Å². The zero-order valence-electron chi connectivity index (χ0n) is 30.8. The van der Waals surface area contributed by atoms with E-state index in [1.54, 1.807) is 38.2 Å². The minimum atomic E-state index is -0.292. The minimum absolute atomic E-state index is 0.109. The predicted molar refractivity (Wildman–Crippen MR) is 194 cm³/mol. The lowest BCUT2D eigenvalue weighted by Crippen LogP contribution is -2.36. The number of fused-ring (bicyclic) bond motifs is 8. The highest BCUT2D eigenvalue weighted by atomic mass is 16.5. The quantitative estimate of drug-likeness (QED) is 0.246. The zero-order valence-corrected chi connectivity index (χ0v) is 30.8. The molecule has 270 valence electrons. The standard InChI is InChI=1S/C38H52N6O6/c1-37(2)23-27-19-31-30(36(46)44(11-15-49-7)12-16-50-8)18-26(40-31)22-34-38(3,4)24-28(42-34)20-32-29(17-25(39-32)21-33(37)41-27)35(45)43(9-13-47-5)10-14-48-6/h17-22,39-40H,9-16,23-24H2,1-8H3. The second-order valence-electron chi connectivity index (χ2n) is 14.3. The van der Waals surface area contributed by atoms with Gasteiger partial charge in [-0.15, -0.1) is 0 Å². The Morgan fingerprint density at radius 2 is 0.940 bits per heavy atom. The van der Waals surface area contributed by atoms with Gasteiger partial charge in [0.05, 0.1) is 48.6 Å². The first kappa shape index (κ1) is 37.2. The van der Waals surface area contributed by atoms with E-state index in [0.29, 0.717) is 87.6 Å². The molecule has 0 aliphatic carbocycles. The molecule has 3 aromatic heterocycles. The van der Waals surface area contributed by atoms with Crippen LogP contribution in [0.5, 0.6) is 0 Å². The number of hydrogen-bond acceptors (Lipinski definition) is 8. The van der Waals surface area contributed by atoms with Crippen molar-refractivity contribution in [2.45, 2.75) is 51.4 Å². The van der Waals surface area contributed by atoms with Crippen LogP contribution in [0.3, 0.4) is 0 Å². The van der Waals surface area contributed by atoms with Gasteiger partial charge in [0.15, 0.2) is 0 Å². The Morgan fingerprint density at radius 1 is 0.600 bits per heavy atom. The smallest absolute Gasteiger partial charge is 0.256 e. The van der Waals surface area contributed by atoms with Gasteiger partial charge in [0, 0.05) is 112 Å². The fourth-order valence-corrected chi connectivity index (χ4v) is 6.53. The Labute approximate surface area is 294 Å². The van der Waals surface area contributed by atoms with E-state index in [0.717, 1.165) is 33.8 Å². The molecule has 0 atom stereocenters. The van der Waals surface area contributed by atoms with E-state index in [1.165, 1.54) is 0 Å². The highest BCUT2D eigenvalue weighted by Gasteiger charge is 2.31. The fourth-order valence-electron chi connectivity index (χ4n) is 6.53. The van der Waals surface area contributed by atoms with Crippen LogP contribution in [-0.2, 0) is 42.6 Å². The highest BCUT2D eigenvalue weighted by molar-refractivity contribution is 6.03. The van der Waals surface area contributed by atoms with Gasteiger partial charge in [-0.05, 0) is 36.4 Å². The lowest BCUT2D eigenvalue weighted by atomic mass is 9.87. The molecule has 0 fully saturated rings. The number of ether oxygens (including phenoxy) is 4. The number of aromatic nitrogens is 4. The number of hydrogen-bond donors (Lipinski definition) is 2. The molecule has 5 heterocycles. The van der Waals surface area contributed by atoms with Gasteiger partial charge in [-0.1, -0.05) is 27.7 Å². The molecule has 50 heavy (non-hydrogen) atoms. The van der Waals surface area contributed by atoms with Crippen molar-refractivity contribution in [1.29, 1.82) is 0 Å². The summed E-state index contributed by atoms with van der Waals surface area (Å²) < 4.78 is 21.3.